The van der Waals surface area contributed by atoms with Gasteiger partial charge in [0.25, 0.3) is 0 Å². The molecular weight excluding hydrogens is 224 g/mol. The summed E-state index contributed by atoms with van der Waals surface area (Å²) in [6.07, 6.45) is 0. The predicted octanol–water partition coefficient (Wildman–Crippen LogP) is 2.92. The van der Waals surface area contributed by atoms with Gasteiger partial charge in [-0.25, -0.2) is 4.98 Å². The van der Waals surface area contributed by atoms with E-state index in [-0.39, 0.29) is 0 Å². The molecule has 0 saturated heterocycles. The second-order valence-electron chi connectivity index (χ2n) is 5.05. The lowest BCUT2D eigenvalue weighted by molar-refractivity contribution is 0.439. The van der Waals surface area contributed by atoms with Gasteiger partial charge in [-0.05, 0) is 24.0 Å². The van der Waals surface area contributed by atoms with Crippen LogP contribution in [0.4, 0.5) is 11.8 Å². The van der Waals surface area contributed by atoms with Gasteiger partial charge in [0.05, 0.1) is 5.52 Å². The maximum Gasteiger partial charge on any atom is 0.222 e. The van der Waals surface area contributed by atoms with Crippen LogP contribution in [0.15, 0.2) is 24.3 Å². The van der Waals surface area contributed by atoms with Crippen molar-refractivity contribution in [1.29, 1.82) is 0 Å². The molecule has 96 valence electrons. The van der Waals surface area contributed by atoms with Gasteiger partial charge in [-0.3, -0.25) is 0 Å². The van der Waals surface area contributed by atoms with Crippen molar-refractivity contribution in [2.24, 2.45) is 11.8 Å². The molecule has 0 aliphatic carbocycles. The molecule has 0 amide bonds. The van der Waals surface area contributed by atoms with Gasteiger partial charge in [-0.2, -0.15) is 4.98 Å². The molecule has 0 spiro atoms. The van der Waals surface area contributed by atoms with Crippen LogP contribution in [0, 0.1) is 11.8 Å². The van der Waals surface area contributed by atoms with Gasteiger partial charge in [-0.15, -0.1) is 0 Å². The van der Waals surface area contributed by atoms with Gasteiger partial charge in [0, 0.05) is 11.9 Å². The lowest BCUT2D eigenvalue weighted by Gasteiger charge is -2.17. The average Bonchev–Trinajstić information content (AvgIpc) is 2.35. The fourth-order valence-corrected chi connectivity index (χ4v) is 1.72. The number of nitrogens with zero attached hydrogens (tertiary/aromatic N) is 2. The Morgan fingerprint density at radius 2 is 1.89 bits per heavy atom. The predicted molar refractivity (Wildman–Crippen MR) is 76.4 cm³/mol. The summed E-state index contributed by atoms with van der Waals surface area (Å²) >= 11 is 0. The van der Waals surface area contributed by atoms with E-state index in [1.54, 1.807) is 0 Å². The SMILES string of the molecule is CC(C)C(C)CNc1nc(N)nc2ccccc12. The molecule has 3 N–H and O–H groups in total. The van der Waals surface area contributed by atoms with E-state index in [9.17, 15) is 0 Å². The quantitative estimate of drug-likeness (QED) is 0.868. The van der Waals surface area contributed by atoms with Crippen LogP contribution in [0.3, 0.4) is 0 Å². The molecular formula is C14H20N4. The Morgan fingerprint density at radius 1 is 1.17 bits per heavy atom. The van der Waals surface area contributed by atoms with Gasteiger partial charge in [-0.1, -0.05) is 32.9 Å². The number of aromatic nitrogens is 2. The van der Waals surface area contributed by atoms with Gasteiger partial charge >= 0.3 is 0 Å². The zero-order valence-electron chi connectivity index (χ0n) is 11.1. The zero-order chi connectivity index (χ0) is 13.1. The minimum Gasteiger partial charge on any atom is -0.369 e. The Kier molecular flexibility index (Phi) is 3.65. The third kappa shape index (κ3) is 2.70. The fourth-order valence-electron chi connectivity index (χ4n) is 1.72. The first-order valence-electron chi connectivity index (χ1n) is 6.34. The van der Waals surface area contributed by atoms with Crippen LogP contribution in [0.5, 0.6) is 0 Å². The number of nitrogens with one attached hydrogen (secondary N) is 1. The number of anilines is 2. The van der Waals surface area contributed by atoms with Crippen LogP contribution in [0.2, 0.25) is 0 Å². The van der Waals surface area contributed by atoms with Gasteiger partial charge in [0.15, 0.2) is 0 Å². The standard InChI is InChI=1S/C14H20N4/c1-9(2)10(3)8-16-13-11-6-4-5-7-12(11)17-14(15)18-13/h4-7,9-10H,8H2,1-3H3,(H3,15,16,17,18). The molecule has 4 heteroatoms. The molecule has 18 heavy (non-hydrogen) atoms. The number of rotatable bonds is 4. The molecule has 2 rings (SSSR count). The van der Waals surface area contributed by atoms with Crippen LogP contribution >= 0.6 is 0 Å². The summed E-state index contributed by atoms with van der Waals surface area (Å²) in [4.78, 5) is 8.51. The number of fused-ring (bicyclic) bond motifs is 1. The zero-order valence-corrected chi connectivity index (χ0v) is 11.1. The Morgan fingerprint density at radius 3 is 2.61 bits per heavy atom. The molecule has 0 radical (unpaired) electrons. The third-order valence-corrected chi connectivity index (χ3v) is 3.35. The van der Waals surface area contributed by atoms with Gasteiger partial charge in [0.2, 0.25) is 5.95 Å². The number of nitrogens with two attached hydrogens (primary N) is 1. The summed E-state index contributed by atoms with van der Waals surface area (Å²) in [5.41, 5.74) is 6.61. The normalized spacial score (nSPS) is 12.9. The Bertz CT molecular complexity index is 536. The van der Waals surface area contributed by atoms with E-state index in [1.807, 2.05) is 24.3 Å². The fraction of sp³-hybridized carbons (Fsp3) is 0.429. The highest BCUT2D eigenvalue weighted by molar-refractivity contribution is 5.89. The van der Waals surface area contributed by atoms with Crippen molar-refractivity contribution in [3.8, 4) is 0 Å². The summed E-state index contributed by atoms with van der Waals surface area (Å²) in [5, 5.41) is 4.39. The highest BCUT2D eigenvalue weighted by Gasteiger charge is 2.09. The van der Waals surface area contributed by atoms with Gasteiger partial charge < -0.3 is 11.1 Å². The van der Waals surface area contributed by atoms with Crippen LogP contribution < -0.4 is 11.1 Å². The number of benzene rings is 1. The van der Waals surface area contributed by atoms with Crippen molar-refractivity contribution in [2.45, 2.75) is 20.8 Å². The maximum atomic E-state index is 5.73. The number of hydrogen-bond donors (Lipinski definition) is 2. The molecule has 2 aromatic rings. The first kappa shape index (κ1) is 12.6. The van der Waals surface area contributed by atoms with E-state index < -0.39 is 0 Å². The average molecular weight is 244 g/mol. The van der Waals surface area contributed by atoms with Crippen molar-refractivity contribution >= 4 is 22.7 Å². The number of para-hydroxylation sites is 1. The summed E-state index contributed by atoms with van der Waals surface area (Å²) in [6.45, 7) is 7.56. The molecule has 1 heterocycles. The number of nitrogen functional groups attached to an aromatic ring is 1. The molecule has 0 bridgehead atoms. The lowest BCUT2D eigenvalue weighted by atomic mass is 9.98. The molecule has 1 aromatic heterocycles. The van der Waals surface area contributed by atoms with E-state index in [0.717, 1.165) is 23.3 Å². The second kappa shape index (κ2) is 5.21. The van der Waals surface area contributed by atoms with Crippen LogP contribution in [0.25, 0.3) is 10.9 Å². The van der Waals surface area contributed by atoms with E-state index in [2.05, 4.69) is 36.1 Å². The monoisotopic (exact) mass is 244 g/mol. The largest absolute Gasteiger partial charge is 0.369 e. The summed E-state index contributed by atoms with van der Waals surface area (Å²) in [5.74, 6) is 2.36. The van der Waals surface area contributed by atoms with Crippen molar-refractivity contribution in [3.05, 3.63) is 24.3 Å². The van der Waals surface area contributed by atoms with E-state index >= 15 is 0 Å². The molecule has 1 aromatic carbocycles. The van der Waals surface area contributed by atoms with Crippen molar-refractivity contribution < 1.29 is 0 Å². The molecule has 1 atom stereocenters. The Labute approximate surface area is 108 Å². The van der Waals surface area contributed by atoms with Crippen LogP contribution in [-0.4, -0.2) is 16.5 Å². The molecule has 4 nitrogen and oxygen atoms in total. The molecule has 0 aliphatic heterocycles. The first-order valence-corrected chi connectivity index (χ1v) is 6.34. The number of hydrogen-bond acceptors (Lipinski definition) is 4. The van der Waals surface area contributed by atoms with E-state index in [0.29, 0.717) is 17.8 Å². The van der Waals surface area contributed by atoms with Crippen molar-refractivity contribution in [1.82, 2.24) is 9.97 Å². The lowest BCUT2D eigenvalue weighted by Crippen LogP contribution is -2.17. The highest BCUT2D eigenvalue weighted by Crippen LogP contribution is 2.21. The Hall–Kier alpha value is -1.84. The minimum atomic E-state index is 0.313. The van der Waals surface area contributed by atoms with Gasteiger partial charge in [0.1, 0.15) is 5.82 Å². The van der Waals surface area contributed by atoms with E-state index in [1.165, 1.54) is 0 Å². The maximum absolute atomic E-state index is 5.73. The topological polar surface area (TPSA) is 63.8 Å². The summed E-state index contributed by atoms with van der Waals surface area (Å²) in [7, 11) is 0. The van der Waals surface area contributed by atoms with Crippen molar-refractivity contribution in [3.63, 3.8) is 0 Å². The second-order valence-corrected chi connectivity index (χ2v) is 5.05. The summed E-state index contributed by atoms with van der Waals surface area (Å²) < 4.78 is 0. The molecule has 1 unspecified atom stereocenters. The molecule has 0 saturated carbocycles. The Balaban J connectivity index is 2.27. The van der Waals surface area contributed by atoms with Crippen LogP contribution in [-0.2, 0) is 0 Å². The highest BCUT2D eigenvalue weighted by atomic mass is 15.1. The first-order chi connectivity index (χ1) is 8.58. The third-order valence-electron chi connectivity index (χ3n) is 3.35. The minimum absolute atomic E-state index is 0.313. The molecule has 0 aliphatic rings. The summed E-state index contributed by atoms with van der Waals surface area (Å²) in [6, 6.07) is 7.90. The van der Waals surface area contributed by atoms with Crippen molar-refractivity contribution in [2.75, 3.05) is 17.6 Å². The smallest absolute Gasteiger partial charge is 0.222 e. The molecule has 0 fully saturated rings. The van der Waals surface area contributed by atoms with Crippen LogP contribution in [0.1, 0.15) is 20.8 Å². The van der Waals surface area contributed by atoms with E-state index in [4.69, 9.17) is 5.73 Å².